The van der Waals surface area contributed by atoms with E-state index in [4.69, 9.17) is 0 Å². The van der Waals surface area contributed by atoms with Gasteiger partial charge in [-0.25, -0.2) is 5.01 Å². The molecule has 0 radical (unpaired) electrons. The van der Waals surface area contributed by atoms with E-state index in [1.807, 2.05) is 55.5 Å². The molecule has 26 heavy (non-hydrogen) atoms. The number of aliphatic carboxylic acids is 1. The van der Waals surface area contributed by atoms with Gasteiger partial charge in [-0.15, -0.1) is 0 Å². The van der Waals surface area contributed by atoms with Crippen LogP contribution >= 0.6 is 15.9 Å². The van der Waals surface area contributed by atoms with Crippen LogP contribution in [0, 0.1) is 6.92 Å². The fourth-order valence-corrected chi connectivity index (χ4v) is 3.19. The minimum atomic E-state index is -1.23. The first kappa shape index (κ1) is 18.3. The summed E-state index contributed by atoms with van der Waals surface area (Å²) in [6.07, 6.45) is 0.155. The van der Waals surface area contributed by atoms with E-state index in [9.17, 15) is 14.7 Å². The van der Waals surface area contributed by atoms with E-state index in [2.05, 4.69) is 21.0 Å². The van der Waals surface area contributed by atoms with Crippen LogP contribution in [0.5, 0.6) is 0 Å². The number of amides is 1. The molecule has 1 aliphatic rings. The molecule has 6 heteroatoms. The molecule has 0 unspecified atom stereocenters. The van der Waals surface area contributed by atoms with Crippen LogP contribution in [0.4, 0.5) is 0 Å². The van der Waals surface area contributed by atoms with Crippen molar-refractivity contribution in [3.8, 4) is 0 Å². The highest BCUT2D eigenvalue weighted by molar-refractivity contribution is 9.10. The quantitative estimate of drug-likeness (QED) is 0.755. The smallest absolute Gasteiger partial charge is 0.243 e. The highest BCUT2D eigenvalue weighted by atomic mass is 79.9. The summed E-state index contributed by atoms with van der Waals surface area (Å²) < 4.78 is 0.969. The number of carboxylic acids is 1. The van der Waals surface area contributed by atoms with Crippen LogP contribution in [0.2, 0.25) is 0 Å². The molecule has 0 saturated carbocycles. The van der Waals surface area contributed by atoms with Crippen molar-refractivity contribution < 1.29 is 14.7 Å². The molecule has 0 bridgehead atoms. The largest absolute Gasteiger partial charge is 0.550 e. The zero-order valence-electron chi connectivity index (χ0n) is 14.3. The predicted octanol–water partition coefficient (Wildman–Crippen LogP) is 2.97. The lowest BCUT2D eigenvalue weighted by Gasteiger charge is -2.22. The van der Waals surface area contributed by atoms with Gasteiger partial charge >= 0.3 is 0 Å². The summed E-state index contributed by atoms with van der Waals surface area (Å²) in [7, 11) is 0. The number of carbonyl (C=O) groups is 2. The van der Waals surface area contributed by atoms with Gasteiger partial charge in [0, 0.05) is 23.3 Å². The topological polar surface area (TPSA) is 72.8 Å². The molecule has 1 amide bonds. The third kappa shape index (κ3) is 4.19. The number of hydrogen-bond donors (Lipinski definition) is 0. The monoisotopic (exact) mass is 413 g/mol. The van der Waals surface area contributed by atoms with Crippen molar-refractivity contribution >= 4 is 33.5 Å². The van der Waals surface area contributed by atoms with Gasteiger partial charge in [-0.05, 0) is 36.6 Å². The Morgan fingerprint density at radius 3 is 2.38 bits per heavy atom. The zero-order valence-corrected chi connectivity index (χ0v) is 15.9. The second kappa shape index (κ2) is 7.83. The Morgan fingerprint density at radius 2 is 1.77 bits per heavy atom. The summed E-state index contributed by atoms with van der Waals surface area (Å²) in [6, 6.07) is 15.5. The molecule has 2 aromatic carbocycles. The highest BCUT2D eigenvalue weighted by Gasteiger charge is 2.32. The van der Waals surface area contributed by atoms with E-state index in [0.29, 0.717) is 6.42 Å². The standard InChI is InChI=1S/C20H19BrN2O3/c1-13-2-4-15(5-3-13)18-12-17(14-6-8-16(21)9-7-14)22-23(18)19(24)10-11-20(25)26/h2-9,18H,10-12H2,1H3,(H,25,26)/p-1/t18-/m0/s1. The minimum Gasteiger partial charge on any atom is -0.550 e. The molecule has 0 spiro atoms. The molecule has 0 aliphatic carbocycles. The van der Waals surface area contributed by atoms with E-state index in [0.717, 1.165) is 26.9 Å². The van der Waals surface area contributed by atoms with E-state index in [1.54, 1.807) is 0 Å². The summed E-state index contributed by atoms with van der Waals surface area (Å²) in [5.41, 5.74) is 3.87. The van der Waals surface area contributed by atoms with Crippen molar-refractivity contribution in [2.75, 3.05) is 0 Å². The molecule has 2 aromatic rings. The fraction of sp³-hybridized carbons (Fsp3) is 0.250. The lowest BCUT2D eigenvalue weighted by Crippen LogP contribution is -2.29. The Labute approximate surface area is 160 Å². The van der Waals surface area contributed by atoms with Crippen LogP contribution in [0.1, 0.15) is 42.0 Å². The van der Waals surface area contributed by atoms with Gasteiger partial charge in [0.25, 0.3) is 0 Å². The van der Waals surface area contributed by atoms with Crippen molar-refractivity contribution in [3.63, 3.8) is 0 Å². The average molecular weight is 414 g/mol. The van der Waals surface area contributed by atoms with E-state index >= 15 is 0 Å². The van der Waals surface area contributed by atoms with Crippen LogP contribution in [0.15, 0.2) is 58.1 Å². The summed E-state index contributed by atoms with van der Waals surface area (Å²) in [4.78, 5) is 23.3. The number of nitrogens with zero attached hydrogens (tertiary/aromatic N) is 2. The molecule has 0 saturated heterocycles. The number of halogens is 1. The number of carboxylic acid groups (broad SMARTS) is 1. The molecule has 1 atom stereocenters. The van der Waals surface area contributed by atoms with Gasteiger partial charge in [0.05, 0.1) is 11.8 Å². The van der Waals surface area contributed by atoms with Gasteiger partial charge in [-0.1, -0.05) is 57.9 Å². The lowest BCUT2D eigenvalue weighted by atomic mass is 9.97. The molecule has 0 aromatic heterocycles. The molecule has 5 nitrogen and oxygen atoms in total. The Balaban J connectivity index is 1.89. The van der Waals surface area contributed by atoms with Crippen LogP contribution < -0.4 is 5.11 Å². The van der Waals surface area contributed by atoms with Crippen LogP contribution in [0.3, 0.4) is 0 Å². The summed E-state index contributed by atoms with van der Waals surface area (Å²) in [5.74, 6) is -1.55. The number of aryl methyl sites for hydroxylation is 1. The number of carbonyl (C=O) groups excluding carboxylic acids is 2. The van der Waals surface area contributed by atoms with Crippen LogP contribution in [-0.2, 0) is 9.59 Å². The van der Waals surface area contributed by atoms with Gasteiger partial charge in [0.2, 0.25) is 5.91 Å². The molecule has 0 N–H and O–H groups in total. The molecular formula is C20H18BrN2O3-. The van der Waals surface area contributed by atoms with Crippen molar-refractivity contribution in [1.82, 2.24) is 5.01 Å². The van der Waals surface area contributed by atoms with Crippen molar-refractivity contribution in [1.29, 1.82) is 0 Å². The molecule has 134 valence electrons. The summed E-state index contributed by atoms with van der Waals surface area (Å²) in [6.45, 7) is 2.00. The first-order valence-corrected chi connectivity index (χ1v) is 9.15. The molecule has 1 aliphatic heterocycles. The molecule has 3 rings (SSSR count). The molecular weight excluding hydrogens is 396 g/mol. The van der Waals surface area contributed by atoms with Gasteiger partial charge in [-0.3, -0.25) is 4.79 Å². The number of hydrazone groups is 1. The van der Waals surface area contributed by atoms with Gasteiger partial charge in [-0.2, -0.15) is 5.10 Å². The van der Waals surface area contributed by atoms with Crippen molar-refractivity contribution in [3.05, 3.63) is 69.7 Å². The minimum absolute atomic E-state index is 0.123. The predicted molar refractivity (Wildman–Crippen MR) is 100 cm³/mol. The second-order valence-corrected chi connectivity index (χ2v) is 7.21. The van der Waals surface area contributed by atoms with Gasteiger partial charge < -0.3 is 9.90 Å². The lowest BCUT2D eigenvalue weighted by molar-refractivity contribution is -0.305. The Kier molecular flexibility index (Phi) is 5.52. The van der Waals surface area contributed by atoms with E-state index in [-0.39, 0.29) is 24.8 Å². The Morgan fingerprint density at radius 1 is 1.12 bits per heavy atom. The van der Waals surface area contributed by atoms with Crippen LogP contribution in [-0.4, -0.2) is 22.6 Å². The number of benzene rings is 2. The van der Waals surface area contributed by atoms with E-state index in [1.165, 1.54) is 5.01 Å². The van der Waals surface area contributed by atoms with Gasteiger partial charge in [0.1, 0.15) is 0 Å². The third-order valence-electron chi connectivity index (χ3n) is 4.35. The van der Waals surface area contributed by atoms with Crippen LogP contribution in [0.25, 0.3) is 0 Å². The Hall–Kier alpha value is -2.47. The highest BCUT2D eigenvalue weighted by Crippen LogP contribution is 2.33. The summed E-state index contributed by atoms with van der Waals surface area (Å²) >= 11 is 3.41. The first-order valence-electron chi connectivity index (χ1n) is 8.36. The SMILES string of the molecule is Cc1ccc([C@@H]2CC(c3ccc(Br)cc3)=NN2C(=O)CCC(=O)[O-])cc1. The second-order valence-electron chi connectivity index (χ2n) is 6.29. The maximum Gasteiger partial charge on any atom is 0.243 e. The summed E-state index contributed by atoms with van der Waals surface area (Å²) in [5, 5.41) is 16.6. The third-order valence-corrected chi connectivity index (χ3v) is 4.88. The maximum absolute atomic E-state index is 12.6. The van der Waals surface area contributed by atoms with E-state index < -0.39 is 5.97 Å². The zero-order chi connectivity index (χ0) is 18.7. The number of hydrogen-bond acceptors (Lipinski definition) is 4. The molecule has 0 fully saturated rings. The number of rotatable bonds is 5. The normalized spacial score (nSPS) is 16.5. The first-order chi connectivity index (χ1) is 12.4. The fourth-order valence-electron chi connectivity index (χ4n) is 2.93. The maximum atomic E-state index is 12.6. The van der Waals surface area contributed by atoms with Crippen molar-refractivity contribution in [2.24, 2.45) is 5.10 Å². The molecule has 1 heterocycles. The van der Waals surface area contributed by atoms with Crippen molar-refractivity contribution in [2.45, 2.75) is 32.2 Å². The van der Waals surface area contributed by atoms with Gasteiger partial charge in [0.15, 0.2) is 0 Å². The Bertz CT molecular complexity index is 844. The average Bonchev–Trinajstić information content (AvgIpc) is 3.06.